The number of hydrogen-bond donors (Lipinski definition) is 1. The summed E-state index contributed by atoms with van der Waals surface area (Å²) in [5, 5.41) is 2.72. The van der Waals surface area contributed by atoms with Gasteiger partial charge in [0, 0.05) is 25.1 Å². The number of benzene rings is 1. The third-order valence-corrected chi connectivity index (χ3v) is 3.28. The van der Waals surface area contributed by atoms with E-state index in [1.807, 2.05) is 24.3 Å². The van der Waals surface area contributed by atoms with Gasteiger partial charge in [0.2, 0.25) is 5.91 Å². The number of rotatable bonds is 5. The first kappa shape index (κ1) is 14.7. The fourth-order valence-electron chi connectivity index (χ4n) is 2.24. The number of likely N-dealkylation sites (tertiary alicyclic amines) is 1. The summed E-state index contributed by atoms with van der Waals surface area (Å²) >= 11 is 0. The monoisotopic (exact) mass is 284 g/mol. The van der Waals surface area contributed by atoms with Crippen LogP contribution in [0.2, 0.25) is 0 Å². The number of hydrogen-bond acceptors (Lipinski definition) is 3. The van der Waals surface area contributed by atoms with Crippen LogP contribution < -0.4 is 10.1 Å². The Balaban J connectivity index is 1.81. The number of para-hydroxylation sites is 1. The molecule has 0 saturated carbocycles. The first-order chi connectivity index (χ1) is 9.50. The van der Waals surface area contributed by atoms with Gasteiger partial charge in [-0.05, 0) is 6.07 Å². The number of nitrogens with one attached hydrogen (secondary N) is 1. The molecule has 1 fully saturated rings. The molecule has 0 aromatic heterocycles. The van der Waals surface area contributed by atoms with Crippen molar-refractivity contribution in [2.24, 2.45) is 0 Å². The Bertz CT molecular complexity index is 480. The molecule has 1 saturated heterocycles. The Morgan fingerprint density at radius 1 is 1.45 bits per heavy atom. The summed E-state index contributed by atoms with van der Waals surface area (Å²) in [6.07, 6.45) is -0.174. The largest absolute Gasteiger partial charge is 0.496 e. The van der Waals surface area contributed by atoms with Crippen molar-refractivity contribution in [2.75, 3.05) is 26.7 Å². The van der Waals surface area contributed by atoms with Crippen molar-refractivity contribution in [3.05, 3.63) is 29.8 Å². The minimum absolute atomic E-state index is 0.00470. The van der Waals surface area contributed by atoms with Crippen LogP contribution in [0, 0.1) is 0 Å². The van der Waals surface area contributed by atoms with Gasteiger partial charge in [-0.15, -0.1) is 0 Å². The van der Waals surface area contributed by atoms with Crippen LogP contribution in [0.1, 0.15) is 12.0 Å². The van der Waals surface area contributed by atoms with Crippen LogP contribution >= 0.6 is 0 Å². The maximum atomic E-state index is 13.0. The van der Waals surface area contributed by atoms with E-state index in [1.54, 1.807) is 7.11 Å². The van der Waals surface area contributed by atoms with Gasteiger partial charge in [0.15, 0.2) is 0 Å². The first-order valence-electron chi connectivity index (χ1n) is 6.49. The number of amides is 1. The van der Waals surface area contributed by atoms with Gasteiger partial charge >= 0.3 is 0 Å². The highest BCUT2D eigenvalue weighted by atomic mass is 19.3. The number of carbonyl (C=O) groups is 1. The Labute approximate surface area is 116 Å². The van der Waals surface area contributed by atoms with E-state index in [0.717, 1.165) is 5.56 Å². The standard InChI is InChI=1S/C14H18F2N2O2/c1-20-12-5-3-2-4-11(12)8-17-13(19)9-18-7-6-14(15,16)10-18/h2-5H,6-10H2,1H3,(H,17,19). The lowest BCUT2D eigenvalue weighted by Gasteiger charge is -2.15. The second-order valence-electron chi connectivity index (χ2n) is 4.91. The second kappa shape index (κ2) is 6.17. The average molecular weight is 284 g/mol. The van der Waals surface area contributed by atoms with E-state index >= 15 is 0 Å². The summed E-state index contributed by atoms with van der Waals surface area (Å²) in [5.74, 6) is -2.22. The quantitative estimate of drug-likeness (QED) is 0.894. The summed E-state index contributed by atoms with van der Waals surface area (Å²) in [7, 11) is 1.56. The maximum absolute atomic E-state index is 13.0. The molecule has 0 unspecified atom stereocenters. The molecule has 1 aliphatic heterocycles. The molecule has 0 spiro atoms. The smallest absolute Gasteiger partial charge is 0.261 e. The molecule has 0 aliphatic carbocycles. The molecular formula is C14H18F2N2O2. The number of carbonyl (C=O) groups excluding carboxylic acids is 1. The van der Waals surface area contributed by atoms with Crippen molar-refractivity contribution in [1.82, 2.24) is 10.2 Å². The van der Waals surface area contributed by atoms with Gasteiger partial charge in [0.05, 0.1) is 20.2 Å². The van der Waals surface area contributed by atoms with Crippen LogP contribution in [-0.4, -0.2) is 43.5 Å². The Hall–Kier alpha value is -1.69. The summed E-state index contributed by atoms with van der Waals surface area (Å²) in [4.78, 5) is 13.2. The molecule has 1 heterocycles. The van der Waals surface area contributed by atoms with Crippen LogP contribution in [0.5, 0.6) is 5.75 Å². The van der Waals surface area contributed by atoms with Crippen molar-refractivity contribution in [3.8, 4) is 5.75 Å². The summed E-state index contributed by atoms with van der Waals surface area (Å²) in [6, 6.07) is 7.35. The highest BCUT2D eigenvalue weighted by Crippen LogP contribution is 2.26. The predicted octanol–water partition coefficient (Wildman–Crippen LogP) is 1.65. The summed E-state index contributed by atoms with van der Waals surface area (Å²) in [6.45, 7) is 0.252. The van der Waals surface area contributed by atoms with E-state index in [4.69, 9.17) is 4.74 Å². The molecular weight excluding hydrogens is 266 g/mol. The maximum Gasteiger partial charge on any atom is 0.261 e. The van der Waals surface area contributed by atoms with Crippen LogP contribution in [0.4, 0.5) is 8.78 Å². The molecule has 1 aliphatic rings. The van der Waals surface area contributed by atoms with Crippen LogP contribution in [0.3, 0.4) is 0 Å². The third-order valence-electron chi connectivity index (χ3n) is 3.28. The lowest BCUT2D eigenvalue weighted by molar-refractivity contribution is -0.122. The fourth-order valence-corrected chi connectivity index (χ4v) is 2.24. The third kappa shape index (κ3) is 3.90. The first-order valence-corrected chi connectivity index (χ1v) is 6.49. The molecule has 1 amide bonds. The molecule has 0 radical (unpaired) electrons. The molecule has 6 heteroatoms. The molecule has 1 N–H and O–H groups in total. The molecule has 1 aromatic carbocycles. The fraction of sp³-hybridized carbons (Fsp3) is 0.500. The van der Waals surface area contributed by atoms with Gasteiger partial charge in [-0.25, -0.2) is 8.78 Å². The van der Waals surface area contributed by atoms with Crippen LogP contribution in [-0.2, 0) is 11.3 Å². The van der Waals surface area contributed by atoms with E-state index in [1.165, 1.54) is 4.90 Å². The lowest BCUT2D eigenvalue weighted by atomic mass is 10.2. The number of nitrogens with zero attached hydrogens (tertiary/aromatic N) is 1. The van der Waals surface area contributed by atoms with E-state index in [0.29, 0.717) is 12.3 Å². The van der Waals surface area contributed by atoms with Crippen molar-refractivity contribution < 1.29 is 18.3 Å². The van der Waals surface area contributed by atoms with Crippen LogP contribution in [0.25, 0.3) is 0 Å². The number of alkyl halides is 2. The van der Waals surface area contributed by atoms with Gasteiger partial charge in [-0.3, -0.25) is 9.69 Å². The topological polar surface area (TPSA) is 41.6 Å². The number of ether oxygens (including phenoxy) is 1. The van der Waals surface area contributed by atoms with Crippen molar-refractivity contribution in [2.45, 2.75) is 18.9 Å². The summed E-state index contributed by atoms with van der Waals surface area (Å²) < 4.78 is 31.2. The number of halogens is 2. The summed E-state index contributed by atoms with van der Waals surface area (Å²) in [5.41, 5.74) is 0.857. The number of methoxy groups -OCH3 is 1. The minimum Gasteiger partial charge on any atom is -0.496 e. The van der Waals surface area contributed by atoms with Gasteiger partial charge in [0.1, 0.15) is 5.75 Å². The van der Waals surface area contributed by atoms with E-state index in [9.17, 15) is 13.6 Å². The van der Waals surface area contributed by atoms with Gasteiger partial charge in [-0.1, -0.05) is 18.2 Å². The molecule has 2 rings (SSSR count). The lowest BCUT2D eigenvalue weighted by Crippen LogP contribution is -2.36. The normalized spacial score (nSPS) is 17.9. The Morgan fingerprint density at radius 3 is 2.85 bits per heavy atom. The van der Waals surface area contributed by atoms with E-state index in [-0.39, 0.29) is 32.0 Å². The van der Waals surface area contributed by atoms with Gasteiger partial charge in [-0.2, -0.15) is 0 Å². The van der Waals surface area contributed by atoms with E-state index in [2.05, 4.69) is 5.32 Å². The zero-order valence-corrected chi connectivity index (χ0v) is 11.4. The Morgan fingerprint density at radius 2 is 2.20 bits per heavy atom. The average Bonchev–Trinajstić information content (AvgIpc) is 2.76. The minimum atomic E-state index is -2.66. The van der Waals surface area contributed by atoms with Crippen molar-refractivity contribution in [3.63, 3.8) is 0 Å². The highest BCUT2D eigenvalue weighted by Gasteiger charge is 2.38. The molecule has 110 valence electrons. The predicted molar refractivity (Wildman–Crippen MR) is 70.8 cm³/mol. The molecule has 0 atom stereocenters. The highest BCUT2D eigenvalue weighted by molar-refractivity contribution is 5.78. The zero-order chi connectivity index (χ0) is 14.6. The molecule has 0 bridgehead atoms. The zero-order valence-electron chi connectivity index (χ0n) is 11.4. The van der Waals surface area contributed by atoms with Crippen molar-refractivity contribution >= 4 is 5.91 Å². The molecule has 20 heavy (non-hydrogen) atoms. The van der Waals surface area contributed by atoms with Gasteiger partial charge < -0.3 is 10.1 Å². The van der Waals surface area contributed by atoms with Crippen molar-refractivity contribution in [1.29, 1.82) is 0 Å². The van der Waals surface area contributed by atoms with Gasteiger partial charge in [0.25, 0.3) is 5.92 Å². The van der Waals surface area contributed by atoms with Crippen LogP contribution in [0.15, 0.2) is 24.3 Å². The molecule has 1 aromatic rings. The van der Waals surface area contributed by atoms with E-state index < -0.39 is 5.92 Å². The molecule has 4 nitrogen and oxygen atoms in total. The second-order valence-corrected chi connectivity index (χ2v) is 4.91. The Kier molecular flexibility index (Phi) is 4.54. The SMILES string of the molecule is COc1ccccc1CNC(=O)CN1CCC(F)(F)C1.